The quantitative estimate of drug-likeness (QED) is 0.857. The molecule has 2 fully saturated rings. The van der Waals surface area contributed by atoms with Crippen molar-refractivity contribution in [3.63, 3.8) is 0 Å². The van der Waals surface area contributed by atoms with E-state index in [9.17, 15) is 4.79 Å². The summed E-state index contributed by atoms with van der Waals surface area (Å²) in [5.74, 6) is 1.25. The number of piperidine rings is 1. The molecule has 2 aliphatic rings. The van der Waals surface area contributed by atoms with Crippen LogP contribution < -0.4 is 5.32 Å². The van der Waals surface area contributed by atoms with E-state index in [1.807, 2.05) is 17.9 Å². The summed E-state index contributed by atoms with van der Waals surface area (Å²) in [6.45, 7) is 5.84. The van der Waals surface area contributed by atoms with Gasteiger partial charge in [0.2, 0.25) is 5.95 Å². The Bertz CT molecular complexity index is 566. The van der Waals surface area contributed by atoms with Crippen LogP contribution in [0.1, 0.15) is 74.5 Å². The second-order valence-electron chi connectivity index (χ2n) is 7.55. The Kier molecular flexibility index (Phi) is 5.69. The van der Waals surface area contributed by atoms with E-state index in [-0.39, 0.29) is 5.91 Å². The second-order valence-corrected chi connectivity index (χ2v) is 7.55. The van der Waals surface area contributed by atoms with Gasteiger partial charge in [0.05, 0.1) is 0 Å². The maximum Gasteiger partial charge on any atom is 0.272 e. The topological polar surface area (TPSA) is 58.1 Å². The van der Waals surface area contributed by atoms with Crippen LogP contribution in [0.15, 0.2) is 6.07 Å². The predicted octanol–water partition coefficient (Wildman–Crippen LogP) is 3.79. The number of nitrogens with one attached hydrogen (secondary N) is 1. The minimum Gasteiger partial charge on any atom is -0.351 e. The molecule has 1 N–H and O–H groups in total. The van der Waals surface area contributed by atoms with Gasteiger partial charge in [-0.1, -0.05) is 32.6 Å². The van der Waals surface area contributed by atoms with E-state index in [0.717, 1.165) is 25.2 Å². The number of anilines is 1. The second kappa shape index (κ2) is 7.95. The van der Waals surface area contributed by atoms with Crippen LogP contribution in [0.3, 0.4) is 0 Å². The third-order valence-electron chi connectivity index (χ3n) is 5.21. The molecule has 1 aliphatic heterocycles. The highest BCUT2D eigenvalue weighted by Gasteiger charge is 2.24. The lowest BCUT2D eigenvalue weighted by molar-refractivity contribution is 0.0677. The molecule has 1 aliphatic carbocycles. The highest BCUT2D eigenvalue weighted by molar-refractivity contribution is 5.92. The molecule has 0 spiro atoms. The van der Waals surface area contributed by atoms with Crippen LogP contribution in [-0.4, -0.2) is 39.9 Å². The van der Waals surface area contributed by atoms with Gasteiger partial charge in [0, 0.05) is 24.8 Å². The summed E-state index contributed by atoms with van der Waals surface area (Å²) >= 11 is 0. The average Bonchev–Trinajstić information content (AvgIpc) is 2.82. The zero-order valence-electron chi connectivity index (χ0n) is 15.1. The molecule has 5 heteroatoms. The first-order chi connectivity index (χ1) is 11.6. The Hall–Kier alpha value is -1.65. The molecule has 132 valence electrons. The van der Waals surface area contributed by atoms with Gasteiger partial charge < -0.3 is 10.2 Å². The van der Waals surface area contributed by atoms with Crippen LogP contribution in [-0.2, 0) is 0 Å². The fourth-order valence-electron chi connectivity index (χ4n) is 3.88. The number of nitrogens with zero attached hydrogens (tertiary/aromatic N) is 3. The highest BCUT2D eigenvalue weighted by atomic mass is 16.2. The maximum absolute atomic E-state index is 12.8. The van der Waals surface area contributed by atoms with Crippen molar-refractivity contribution in [2.24, 2.45) is 5.92 Å². The van der Waals surface area contributed by atoms with Gasteiger partial charge in [-0.2, -0.15) is 0 Å². The van der Waals surface area contributed by atoms with E-state index in [0.29, 0.717) is 23.6 Å². The molecule has 0 radical (unpaired) electrons. The molecular weight excluding hydrogens is 300 g/mol. The van der Waals surface area contributed by atoms with Gasteiger partial charge in [-0.3, -0.25) is 4.79 Å². The first-order valence-electron chi connectivity index (χ1n) is 9.53. The standard InChI is InChI=1S/C19H30N4O/c1-14-8-7-11-23(13-14)18(24)17-12-15(2)20-19(22-17)21-16-9-5-3-4-6-10-16/h12,14,16H,3-11,13H2,1-2H3,(H,20,21,22). The fraction of sp³-hybridized carbons (Fsp3) is 0.737. The molecule has 24 heavy (non-hydrogen) atoms. The van der Waals surface area contributed by atoms with E-state index in [1.165, 1.54) is 44.9 Å². The van der Waals surface area contributed by atoms with Crippen molar-refractivity contribution in [3.05, 3.63) is 17.5 Å². The third-order valence-corrected chi connectivity index (χ3v) is 5.21. The monoisotopic (exact) mass is 330 g/mol. The maximum atomic E-state index is 12.8. The van der Waals surface area contributed by atoms with Crippen molar-refractivity contribution in [2.75, 3.05) is 18.4 Å². The van der Waals surface area contributed by atoms with E-state index in [1.54, 1.807) is 0 Å². The van der Waals surface area contributed by atoms with Crippen molar-refractivity contribution in [2.45, 2.75) is 71.3 Å². The molecule has 2 heterocycles. The number of carbonyl (C=O) groups is 1. The lowest BCUT2D eigenvalue weighted by atomic mass is 10.00. The summed E-state index contributed by atoms with van der Waals surface area (Å²) in [4.78, 5) is 23.8. The van der Waals surface area contributed by atoms with Crippen LogP contribution in [0.4, 0.5) is 5.95 Å². The molecule has 0 aromatic carbocycles. The molecular formula is C19H30N4O. The molecule has 1 saturated carbocycles. The number of hydrogen-bond donors (Lipinski definition) is 1. The van der Waals surface area contributed by atoms with Crippen LogP contribution in [0.25, 0.3) is 0 Å². The van der Waals surface area contributed by atoms with Gasteiger partial charge >= 0.3 is 0 Å². The number of rotatable bonds is 3. The summed E-state index contributed by atoms with van der Waals surface area (Å²) in [6, 6.07) is 2.26. The van der Waals surface area contributed by atoms with Crippen molar-refractivity contribution < 1.29 is 4.79 Å². The summed E-state index contributed by atoms with van der Waals surface area (Å²) < 4.78 is 0. The molecule has 3 rings (SSSR count). The van der Waals surface area contributed by atoms with E-state index in [2.05, 4.69) is 22.2 Å². The minimum absolute atomic E-state index is 0.0518. The van der Waals surface area contributed by atoms with Gasteiger partial charge in [0.15, 0.2) is 0 Å². The van der Waals surface area contributed by atoms with Crippen molar-refractivity contribution in [1.29, 1.82) is 0 Å². The van der Waals surface area contributed by atoms with Crippen molar-refractivity contribution in [1.82, 2.24) is 14.9 Å². The van der Waals surface area contributed by atoms with Gasteiger partial charge in [0.1, 0.15) is 5.69 Å². The summed E-state index contributed by atoms with van der Waals surface area (Å²) in [5, 5.41) is 3.48. The summed E-state index contributed by atoms with van der Waals surface area (Å²) in [5.41, 5.74) is 1.39. The zero-order chi connectivity index (χ0) is 16.9. The van der Waals surface area contributed by atoms with Gasteiger partial charge in [-0.05, 0) is 44.6 Å². The number of likely N-dealkylation sites (tertiary alicyclic amines) is 1. The van der Waals surface area contributed by atoms with Crippen LogP contribution in [0.2, 0.25) is 0 Å². The third kappa shape index (κ3) is 4.46. The Morgan fingerprint density at radius 1 is 1.12 bits per heavy atom. The normalized spacial score (nSPS) is 22.9. The zero-order valence-corrected chi connectivity index (χ0v) is 15.1. The van der Waals surface area contributed by atoms with Gasteiger partial charge in [-0.25, -0.2) is 9.97 Å². The summed E-state index contributed by atoms with van der Waals surface area (Å²) in [7, 11) is 0. The van der Waals surface area contributed by atoms with Crippen LogP contribution in [0, 0.1) is 12.8 Å². The van der Waals surface area contributed by atoms with E-state index < -0.39 is 0 Å². The van der Waals surface area contributed by atoms with Crippen molar-refractivity contribution in [3.8, 4) is 0 Å². The van der Waals surface area contributed by atoms with Crippen LogP contribution >= 0.6 is 0 Å². The number of carbonyl (C=O) groups excluding carboxylic acids is 1. The number of amides is 1. The smallest absolute Gasteiger partial charge is 0.272 e. The lowest BCUT2D eigenvalue weighted by Crippen LogP contribution is -2.39. The lowest BCUT2D eigenvalue weighted by Gasteiger charge is -2.30. The molecule has 5 nitrogen and oxygen atoms in total. The van der Waals surface area contributed by atoms with Gasteiger partial charge in [0.25, 0.3) is 5.91 Å². The number of hydrogen-bond acceptors (Lipinski definition) is 4. The molecule has 0 bridgehead atoms. The Morgan fingerprint density at radius 3 is 2.58 bits per heavy atom. The molecule has 1 aromatic heterocycles. The Morgan fingerprint density at radius 2 is 1.88 bits per heavy atom. The van der Waals surface area contributed by atoms with Gasteiger partial charge in [-0.15, -0.1) is 0 Å². The fourth-order valence-corrected chi connectivity index (χ4v) is 3.88. The number of aromatic nitrogens is 2. The largest absolute Gasteiger partial charge is 0.351 e. The van der Waals surface area contributed by atoms with E-state index in [4.69, 9.17) is 0 Å². The molecule has 1 aromatic rings. The first-order valence-corrected chi connectivity index (χ1v) is 9.53. The molecule has 1 saturated heterocycles. The molecule has 1 unspecified atom stereocenters. The predicted molar refractivity (Wildman–Crippen MR) is 96.2 cm³/mol. The van der Waals surface area contributed by atoms with Crippen LogP contribution in [0.5, 0.6) is 0 Å². The highest BCUT2D eigenvalue weighted by Crippen LogP contribution is 2.21. The molecule has 1 atom stereocenters. The molecule has 1 amide bonds. The average molecular weight is 330 g/mol. The van der Waals surface area contributed by atoms with Crippen molar-refractivity contribution >= 4 is 11.9 Å². The SMILES string of the molecule is Cc1cc(C(=O)N2CCCC(C)C2)nc(NC2CCCCCC2)n1. The number of aryl methyl sites for hydroxylation is 1. The summed E-state index contributed by atoms with van der Waals surface area (Å²) in [6.07, 6.45) is 9.81. The first kappa shape index (κ1) is 17.2. The Labute approximate surface area is 145 Å². The Balaban J connectivity index is 1.71. The minimum atomic E-state index is 0.0518. The van der Waals surface area contributed by atoms with E-state index >= 15 is 0 Å².